The Bertz CT molecular complexity index is 1330. The van der Waals surface area contributed by atoms with Crippen molar-refractivity contribution >= 4 is 35.3 Å². The average Bonchev–Trinajstić information content (AvgIpc) is 3.27. The molecule has 0 aliphatic carbocycles. The van der Waals surface area contributed by atoms with Gasteiger partial charge in [-0.25, -0.2) is 14.3 Å². The van der Waals surface area contributed by atoms with Crippen LogP contribution < -0.4 is 10.9 Å². The lowest BCUT2D eigenvalue weighted by atomic mass is 10.2. The standard InChI is InChI=1S/C25H25N3O6S/c1-15-13-19(25(32)33-15)34-24(31)18-11-7-8-12-20(18)35-14-21(29)26-22-16(2)27(3)28(23(22)30)17-9-5-4-6-10-17/h4-12,15,19H,13-14H2,1-3H3,(H,26,29). The molecular weight excluding hydrogens is 470 g/mol. The molecule has 2 aromatic carbocycles. The Morgan fingerprint density at radius 3 is 2.49 bits per heavy atom. The highest BCUT2D eigenvalue weighted by Crippen LogP contribution is 2.26. The number of rotatable bonds is 7. The third-order valence-corrected chi connectivity index (χ3v) is 6.73. The van der Waals surface area contributed by atoms with Crippen LogP contribution in [0, 0.1) is 6.92 Å². The van der Waals surface area contributed by atoms with Crippen molar-refractivity contribution in [3.8, 4) is 5.69 Å². The van der Waals surface area contributed by atoms with Gasteiger partial charge in [-0.3, -0.25) is 14.3 Å². The number of cyclic esters (lactones) is 1. The van der Waals surface area contributed by atoms with E-state index in [1.165, 1.54) is 4.68 Å². The molecule has 1 N–H and O–H groups in total. The first kappa shape index (κ1) is 24.3. The molecule has 2 unspecified atom stereocenters. The Balaban J connectivity index is 1.45. The maximum Gasteiger partial charge on any atom is 0.347 e. The van der Waals surface area contributed by atoms with Crippen molar-refractivity contribution in [2.75, 3.05) is 11.1 Å². The van der Waals surface area contributed by atoms with Crippen LogP contribution in [-0.4, -0.2) is 45.2 Å². The minimum absolute atomic E-state index is 0.0358. The Morgan fingerprint density at radius 1 is 1.11 bits per heavy atom. The third kappa shape index (κ3) is 5.17. The summed E-state index contributed by atoms with van der Waals surface area (Å²) in [5.41, 5.74) is 1.41. The largest absolute Gasteiger partial charge is 0.460 e. The number of carbonyl (C=O) groups is 3. The number of aromatic nitrogens is 2. The summed E-state index contributed by atoms with van der Waals surface area (Å²) in [7, 11) is 1.75. The van der Waals surface area contributed by atoms with Crippen LogP contribution in [0.3, 0.4) is 0 Å². The molecule has 182 valence electrons. The highest BCUT2D eigenvalue weighted by Gasteiger charge is 2.35. The van der Waals surface area contributed by atoms with Crippen LogP contribution in [0.4, 0.5) is 5.69 Å². The van der Waals surface area contributed by atoms with Gasteiger partial charge in [0.2, 0.25) is 12.0 Å². The molecule has 1 fully saturated rings. The number of carbonyl (C=O) groups excluding carboxylic acids is 3. The number of esters is 2. The van der Waals surface area contributed by atoms with Gasteiger partial charge >= 0.3 is 11.9 Å². The summed E-state index contributed by atoms with van der Waals surface area (Å²) >= 11 is 1.14. The fraction of sp³-hybridized carbons (Fsp3) is 0.280. The second-order valence-corrected chi connectivity index (χ2v) is 9.16. The molecule has 2 heterocycles. The maximum atomic E-state index is 13.0. The Kier molecular flexibility index (Phi) is 7.11. The minimum atomic E-state index is -0.938. The van der Waals surface area contributed by atoms with Gasteiger partial charge in [0.1, 0.15) is 11.8 Å². The van der Waals surface area contributed by atoms with Crippen LogP contribution in [0.2, 0.25) is 0 Å². The number of hydrogen-bond donors (Lipinski definition) is 1. The number of benzene rings is 2. The topological polar surface area (TPSA) is 109 Å². The first-order chi connectivity index (χ1) is 16.8. The maximum absolute atomic E-state index is 13.0. The number of ether oxygens (including phenoxy) is 2. The van der Waals surface area contributed by atoms with Crippen molar-refractivity contribution in [3.63, 3.8) is 0 Å². The lowest BCUT2D eigenvalue weighted by Gasteiger charge is -2.11. The summed E-state index contributed by atoms with van der Waals surface area (Å²) in [6, 6.07) is 15.8. The van der Waals surface area contributed by atoms with E-state index in [1.807, 2.05) is 30.3 Å². The highest BCUT2D eigenvalue weighted by atomic mass is 32.2. The highest BCUT2D eigenvalue weighted by molar-refractivity contribution is 8.00. The molecule has 1 saturated heterocycles. The normalized spacial score (nSPS) is 17.2. The molecule has 1 amide bonds. The molecule has 35 heavy (non-hydrogen) atoms. The van der Waals surface area contributed by atoms with E-state index in [4.69, 9.17) is 9.47 Å². The van der Waals surface area contributed by atoms with Crippen LogP contribution in [0.1, 0.15) is 29.4 Å². The minimum Gasteiger partial charge on any atom is -0.460 e. The quantitative estimate of drug-likeness (QED) is 0.396. The number of anilines is 1. The average molecular weight is 496 g/mol. The number of para-hydroxylation sites is 1. The van der Waals surface area contributed by atoms with Gasteiger partial charge in [-0.15, -0.1) is 11.8 Å². The molecule has 1 aromatic heterocycles. The Morgan fingerprint density at radius 2 is 1.80 bits per heavy atom. The lowest BCUT2D eigenvalue weighted by molar-refractivity contribution is -0.147. The first-order valence-corrected chi connectivity index (χ1v) is 12.0. The van der Waals surface area contributed by atoms with Crippen molar-refractivity contribution in [2.45, 2.75) is 37.4 Å². The molecule has 10 heteroatoms. The number of hydrogen-bond acceptors (Lipinski definition) is 7. The monoisotopic (exact) mass is 495 g/mol. The van der Waals surface area contributed by atoms with Gasteiger partial charge < -0.3 is 14.8 Å². The summed E-state index contributed by atoms with van der Waals surface area (Å²) in [4.78, 5) is 50.7. The van der Waals surface area contributed by atoms with Crippen molar-refractivity contribution in [1.82, 2.24) is 9.36 Å². The van der Waals surface area contributed by atoms with Crippen molar-refractivity contribution in [3.05, 3.63) is 76.2 Å². The molecule has 0 saturated carbocycles. The van der Waals surface area contributed by atoms with Gasteiger partial charge in [0.05, 0.1) is 22.7 Å². The SMILES string of the molecule is Cc1c(NC(=O)CSc2ccccc2C(=O)OC2CC(C)OC2=O)c(=O)n(-c2ccccc2)n1C. The molecule has 4 rings (SSSR count). The summed E-state index contributed by atoms with van der Waals surface area (Å²) in [5, 5.41) is 2.71. The molecular formula is C25H25N3O6S. The summed E-state index contributed by atoms with van der Waals surface area (Å²) in [5.74, 6) is -1.65. The molecule has 9 nitrogen and oxygen atoms in total. The van der Waals surface area contributed by atoms with Gasteiger partial charge in [-0.2, -0.15) is 0 Å². The van der Waals surface area contributed by atoms with Crippen LogP contribution >= 0.6 is 11.8 Å². The van der Waals surface area contributed by atoms with E-state index in [1.54, 1.807) is 49.8 Å². The molecule has 1 aliphatic heterocycles. The van der Waals surface area contributed by atoms with Gasteiger partial charge in [0.25, 0.3) is 5.56 Å². The van der Waals surface area contributed by atoms with Gasteiger partial charge in [0.15, 0.2) is 0 Å². The van der Waals surface area contributed by atoms with Crippen LogP contribution in [0.5, 0.6) is 0 Å². The lowest BCUT2D eigenvalue weighted by Crippen LogP contribution is -2.24. The van der Waals surface area contributed by atoms with Gasteiger partial charge in [-0.05, 0) is 38.1 Å². The fourth-order valence-corrected chi connectivity index (χ4v) is 4.64. The molecule has 0 bridgehead atoms. The number of thioether (sulfide) groups is 1. The summed E-state index contributed by atoms with van der Waals surface area (Å²) in [6.07, 6.45) is -0.938. The summed E-state index contributed by atoms with van der Waals surface area (Å²) in [6.45, 7) is 3.49. The van der Waals surface area contributed by atoms with E-state index in [2.05, 4.69) is 5.32 Å². The zero-order chi connectivity index (χ0) is 25.1. The second-order valence-electron chi connectivity index (χ2n) is 8.15. The molecule has 0 spiro atoms. The predicted molar refractivity (Wildman–Crippen MR) is 131 cm³/mol. The van der Waals surface area contributed by atoms with Crippen molar-refractivity contribution in [1.29, 1.82) is 0 Å². The summed E-state index contributed by atoms with van der Waals surface area (Å²) < 4.78 is 13.5. The number of nitrogens with one attached hydrogen (secondary N) is 1. The van der Waals surface area contributed by atoms with E-state index in [-0.39, 0.29) is 28.7 Å². The van der Waals surface area contributed by atoms with Crippen LogP contribution in [0.25, 0.3) is 5.69 Å². The third-order valence-electron chi connectivity index (χ3n) is 5.66. The molecule has 3 aromatic rings. The van der Waals surface area contributed by atoms with E-state index in [9.17, 15) is 19.2 Å². The molecule has 0 radical (unpaired) electrons. The van der Waals surface area contributed by atoms with Crippen molar-refractivity contribution < 1.29 is 23.9 Å². The number of nitrogens with zero attached hydrogens (tertiary/aromatic N) is 2. The molecule has 1 aliphatic rings. The van der Waals surface area contributed by atoms with Gasteiger partial charge in [0, 0.05) is 18.4 Å². The number of amides is 1. The fourth-order valence-electron chi connectivity index (χ4n) is 3.80. The first-order valence-electron chi connectivity index (χ1n) is 11.0. The Hall–Kier alpha value is -3.79. The Labute approximate surface area is 206 Å². The van der Waals surface area contributed by atoms with E-state index >= 15 is 0 Å². The predicted octanol–water partition coefficient (Wildman–Crippen LogP) is 3.08. The van der Waals surface area contributed by atoms with E-state index in [0.29, 0.717) is 22.7 Å². The second kappa shape index (κ2) is 10.2. The molecule has 2 atom stereocenters. The van der Waals surface area contributed by atoms with E-state index < -0.39 is 23.9 Å². The zero-order valence-electron chi connectivity index (χ0n) is 19.5. The smallest absolute Gasteiger partial charge is 0.347 e. The van der Waals surface area contributed by atoms with Crippen LogP contribution in [0.15, 0.2) is 64.3 Å². The van der Waals surface area contributed by atoms with E-state index in [0.717, 1.165) is 11.8 Å². The van der Waals surface area contributed by atoms with Crippen molar-refractivity contribution in [2.24, 2.45) is 7.05 Å². The van der Waals surface area contributed by atoms with Crippen LogP contribution in [-0.2, 0) is 26.1 Å². The van der Waals surface area contributed by atoms with Gasteiger partial charge in [-0.1, -0.05) is 30.3 Å². The zero-order valence-corrected chi connectivity index (χ0v) is 20.3.